The van der Waals surface area contributed by atoms with Gasteiger partial charge in [0.1, 0.15) is 17.2 Å². The van der Waals surface area contributed by atoms with Gasteiger partial charge in [-0.05, 0) is 53.4 Å². The van der Waals surface area contributed by atoms with E-state index in [-0.39, 0.29) is 17.1 Å². The molecule has 1 fully saturated rings. The zero-order valence-electron chi connectivity index (χ0n) is 13.2. The van der Waals surface area contributed by atoms with E-state index in [1.54, 1.807) is 17.6 Å². The molecule has 5 heteroatoms. The molecule has 2 atom stereocenters. The largest absolute Gasteiger partial charge is 0.293 e. The SMILES string of the molecule is Cc1nc2c(F)ccc(Br)c2c(=O)n1[C@H]1CC[C@@H]1c1ccccc1. The second kappa shape index (κ2) is 5.81. The van der Waals surface area contributed by atoms with Crippen molar-refractivity contribution >= 4 is 26.8 Å². The molecule has 1 aliphatic rings. The van der Waals surface area contributed by atoms with Crippen LogP contribution in [0.2, 0.25) is 0 Å². The predicted molar refractivity (Wildman–Crippen MR) is 95.9 cm³/mol. The fourth-order valence-corrected chi connectivity index (χ4v) is 4.10. The number of aromatic nitrogens is 2. The summed E-state index contributed by atoms with van der Waals surface area (Å²) in [5.74, 6) is 0.401. The molecule has 122 valence electrons. The summed E-state index contributed by atoms with van der Waals surface area (Å²) in [5.41, 5.74) is 1.20. The molecule has 24 heavy (non-hydrogen) atoms. The fraction of sp³-hybridized carbons (Fsp3) is 0.263. The van der Waals surface area contributed by atoms with Gasteiger partial charge in [-0.1, -0.05) is 30.3 Å². The van der Waals surface area contributed by atoms with Crippen molar-refractivity contribution in [2.24, 2.45) is 0 Å². The molecule has 0 N–H and O–H groups in total. The molecule has 0 amide bonds. The Morgan fingerprint density at radius 3 is 2.58 bits per heavy atom. The molecule has 4 rings (SSSR count). The lowest BCUT2D eigenvalue weighted by molar-refractivity contribution is 0.245. The van der Waals surface area contributed by atoms with Crippen LogP contribution in [0, 0.1) is 12.7 Å². The smallest absolute Gasteiger partial charge is 0.262 e. The van der Waals surface area contributed by atoms with Crippen molar-refractivity contribution in [2.75, 3.05) is 0 Å². The van der Waals surface area contributed by atoms with E-state index in [1.807, 2.05) is 18.2 Å². The lowest BCUT2D eigenvalue weighted by Crippen LogP contribution is -2.36. The van der Waals surface area contributed by atoms with Gasteiger partial charge in [0, 0.05) is 16.4 Å². The molecule has 0 radical (unpaired) electrons. The van der Waals surface area contributed by atoms with Crippen molar-refractivity contribution in [3.05, 3.63) is 74.5 Å². The molecule has 1 aromatic heterocycles. The molecule has 1 aliphatic carbocycles. The maximum absolute atomic E-state index is 14.1. The minimum Gasteiger partial charge on any atom is -0.293 e. The maximum Gasteiger partial charge on any atom is 0.262 e. The highest BCUT2D eigenvalue weighted by atomic mass is 79.9. The average molecular weight is 387 g/mol. The monoisotopic (exact) mass is 386 g/mol. The van der Waals surface area contributed by atoms with Gasteiger partial charge in [0.2, 0.25) is 0 Å². The summed E-state index contributed by atoms with van der Waals surface area (Å²) in [6.07, 6.45) is 1.98. The van der Waals surface area contributed by atoms with Gasteiger partial charge in [0.15, 0.2) is 0 Å². The van der Waals surface area contributed by atoms with E-state index < -0.39 is 5.82 Å². The first-order valence-corrected chi connectivity index (χ1v) is 8.79. The number of aryl methyl sites for hydroxylation is 1. The molecule has 3 nitrogen and oxygen atoms in total. The highest BCUT2D eigenvalue weighted by Crippen LogP contribution is 2.45. The molecule has 0 spiro atoms. The van der Waals surface area contributed by atoms with E-state index in [9.17, 15) is 9.18 Å². The van der Waals surface area contributed by atoms with Gasteiger partial charge in [-0.15, -0.1) is 0 Å². The van der Waals surface area contributed by atoms with Crippen LogP contribution in [0.5, 0.6) is 0 Å². The average Bonchev–Trinajstić information content (AvgIpc) is 2.54. The van der Waals surface area contributed by atoms with Crippen LogP contribution in [-0.2, 0) is 0 Å². The zero-order chi connectivity index (χ0) is 16.8. The summed E-state index contributed by atoms with van der Waals surface area (Å²) in [5, 5.41) is 0.319. The van der Waals surface area contributed by atoms with Crippen molar-refractivity contribution in [1.82, 2.24) is 9.55 Å². The lowest BCUT2D eigenvalue weighted by atomic mass is 9.74. The first-order valence-electron chi connectivity index (χ1n) is 7.99. The summed E-state index contributed by atoms with van der Waals surface area (Å²) in [4.78, 5) is 17.4. The third-order valence-corrected chi connectivity index (χ3v) is 5.59. The number of hydrogen-bond acceptors (Lipinski definition) is 2. The summed E-state index contributed by atoms with van der Waals surface area (Å²) in [6, 6.07) is 13.2. The van der Waals surface area contributed by atoms with Crippen LogP contribution in [0.3, 0.4) is 0 Å². The van der Waals surface area contributed by atoms with Crippen LogP contribution in [0.4, 0.5) is 4.39 Å². The van der Waals surface area contributed by atoms with Crippen molar-refractivity contribution in [1.29, 1.82) is 0 Å². The second-order valence-corrected chi connectivity index (χ2v) is 7.10. The minimum absolute atomic E-state index is 0.0759. The van der Waals surface area contributed by atoms with Crippen molar-refractivity contribution in [3.8, 4) is 0 Å². The van der Waals surface area contributed by atoms with Gasteiger partial charge in [0.05, 0.1) is 5.39 Å². The Morgan fingerprint density at radius 1 is 1.17 bits per heavy atom. The molecule has 2 aromatic carbocycles. The molecule has 1 saturated carbocycles. The fourth-order valence-electron chi connectivity index (χ4n) is 3.61. The van der Waals surface area contributed by atoms with Crippen molar-refractivity contribution in [3.63, 3.8) is 0 Å². The van der Waals surface area contributed by atoms with E-state index >= 15 is 0 Å². The van der Waals surface area contributed by atoms with Crippen molar-refractivity contribution in [2.45, 2.75) is 31.7 Å². The Labute approximate surface area is 147 Å². The number of nitrogens with zero attached hydrogens (tertiary/aromatic N) is 2. The Balaban J connectivity index is 1.89. The van der Waals surface area contributed by atoms with Crippen LogP contribution in [0.15, 0.2) is 51.7 Å². The molecular weight excluding hydrogens is 371 g/mol. The van der Waals surface area contributed by atoms with Crippen LogP contribution < -0.4 is 5.56 Å². The number of halogens is 2. The Hall–Kier alpha value is -2.01. The highest BCUT2D eigenvalue weighted by molar-refractivity contribution is 9.10. The Kier molecular flexibility index (Phi) is 3.76. The van der Waals surface area contributed by atoms with Crippen LogP contribution in [0.25, 0.3) is 10.9 Å². The molecule has 0 bridgehead atoms. The van der Waals surface area contributed by atoms with Gasteiger partial charge in [-0.3, -0.25) is 9.36 Å². The standard InChI is InChI=1S/C19H16BrFN2O/c1-11-22-18-15(21)9-8-14(20)17(18)19(24)23(11)16-10-7-13(16)12-5-3-2-4-6-12/h2-6,8-9,13,16H,7,10H2,1H3/t13-,16+/m1/s1. The number of benzene rings is 2. The molecular formula is C19H16BrFN2O. The normalized spacial score (nSPS) is 20.1. The minimum atomic E-state index is -0.464. The third-order valence-electron chi connectivity index (χ3n) is 4.93. The first-order chi connectivity index (χ1) is 11.6. The van der Waals surface area contributed by atoms with Gasteiger partial charge in [0.25, 0.3) is 5.56 Å². The Bertz CT molecular complexity index is 984. The maximum atomic E-state index is 14.1. The van der Waals surface area contributed by atoms with E-state index in [0.717, 1.165) is 12.8 Å². The molecule has 0 unspecified atom stereocenters. The molecule has 3 aromatic rings. The quantitative estimate of drug-likeness (QED) is 0.638. The zero-order valence-corrected chi connectivity index (χ0v) is 14.8. The summed E-state index contributed by atoms with van der Waals surface area (Å²) in [7, 11) is 0. The number of rotatable bonds is 2. The van der Waals surface area contributed by atoms with Crippen LogP contribution >= 0.6 is 15.9 Å². The van der Waals surface area contributed by atoms with Gasteiger partial charge < -0.3 is 0 Å². The molecule has 0 aliphatic heterocycles. The van der Waals surface area contributed by atoms with E-state index in [4.69, 9.17) is 0 Å². The van der Waals surface area contributed by atoms with Gasteiger partial charge in [-0.2, -0.15) is 0 Å². The van der Waals surface area contributed by atoms with Crippen LogP contribution in [-0.4, -0.2) is 9.55 Å². The lowest BCUT2D eigenvalue weighted by Gasteiger charge is -2.39. The topological polar surface area (TPSA) is 34.9 Å². The second-order valence-electron chi connectivity index (χ2n) is 6.25. The van der Waals surface area contributed by atoms with E-state index in [1.165, 1.54) is 11.6 Å². The van der Waals surface area contributed by atoms with Gasteiger partial charge in [-0.25, -0.2) is 9.37 Å². The molecule has 1 heterocycles. The summed E-state index contributed by atoms with van der Waals surface area (Å²) < 4.78 is 16.4. The summed E-state index contributed by atoms with van der Waals surface area (Å²) in [6.45, 7) is 1.78. The molecule has 0 saturated heterocycles. The van der Waals surface area contributed by atoms with E-state index in [0.29, 0.717) is 21.6 Å². The first kappa shape index (κ1) is 15.5. The van der Waals surface area contributed by atoms with E-state index in [2.05, 4.69) is 33.0 Å². The summed E-state index contributed by atoms with van der Waals surface area (Å²) >= 11 is 3.37. The van der Waals surface area contributed by atoms with Crippen LogP contribution in [0.1, 0.15) is 36.2 Å². The third kappa shape index (κ3) is 2.30. The number of hydrogen-bond donors (Lipinski definition) is 0. The predicted octanol–water partition coefficient (Wildman–Crippen LogP) is 4.73. The highest BCUT2D eigenvalue weighted by Gasteiger charge is 2.35. The Morgan fingerprint density at radius 2 is 1.92 bits per heavy atom. The van der Waals surface area contributed by atoms with Gasteiger partial charge >= 0.3 is 0 Å². The number of fused-ring (bicyclic) bond motifs is 1. The van der Waals surface area contributed by atoms with Crippen molar-refractivity contribution < 1.29 is 4.39 Å².